The van der Waals surface area contributed by atoms with Gasteiger partial charge in [0, 0.05) is 38.5 Å². The number of benzene rings is 1. The molecule has 2 aliphatic rings. The third-order valence-corrected chi connectivity index (χ3v) is 5.61. The SMILES string of the molecule is O=C(CN1CCOCC1)Nc1ccc(/C=C/C(=O)N2CC=C(c3ccccc3)CC2)cn1. The number of rotatable bonds is 6. The van der Waals surface area contributed by atoms with E-state index < -0.39 is 0 Å². The fraction of sp³-hybridized carbons (Fsp3) is 0.320. The summed E-state index contributed by atoms with van der Waals surface area (Å²) in [5.41, 5.74) is 3.31. The van der Waals surface area contributed by atoms with E-state index in [0.29, 0.717) is 38.7 Å². The molecule has 2 aliphatic heterocycles. The van der Waals surface area contributed by atoms with Gasteiger partial charge in [-0.25, -0.2) is 4.98 Å². The minimum absolute atomic E-state index is 0.0174. The first kappa shape index (κ1) is 21.9. The zero-order chi connectivity index (χ0) is 22.2. The predicted molar refractivity (Wildman–Crippen MR) is 125 cm³/mol. The second kappa shape index (κ2) is 10.8. The Morgan fingerprint density at radius 2 is 1.88 bits per heavy atom. The number of pyridine rings is 1. The fourth-order valence-corrected chi connectivity index (χ4v) is 3.78. The standard InChI is InChI=1S/C25H28N4O3/c30-24(19-28-14-16-32-17-15-28)27-23-8-6-20(18-26-23)7-9-25(31)29-12-10-22(11-13-29)21-4-2-1-3-5-21/h1-10,18H,11-17,19H2,(H,26,27,30)/b9-7+. The maximum Gasteiger partial charge on any atom is 0.246 e. The van der Waals surface area contributed by atoms with Gasteiger partial charge in [-0.05, 0) is 41.3 Å². The Morgan fingerprint density at radius 1 is 1.06 bits per heavy atom. The number of hydrogen-bond donors (Lipinski definition) is 1. The number of amides is 2. The maximum absolute atomic E-state index is 12.5. The summed E-state index contributed by atoms with van der Waals surface area (Å²) >= 11 is 0. The number of nitrogens with one attached hydrogen (secondary N) is 1. The lowest BCUT2D eigenvalue weighted by Gasteiger charge is -2.25. The molecule has 0 saturated carbocycles. The Labute approximate surface area is 188 Å². The van der Waals surface area contributed by atoms with Crippen LogP contribution in [-0.2, 0) is 14.3 Å². The van der Waals surface area contributed by atoms with Crippen LogP contribution in [0, 0.1) is 0 Å². The predicted octanol–water partition coefficient (Wildman–Crippen LogP) is 2.68. The van der Waals surface area contributed by atoms with Crippen LogP contribution in [0.2, 0.25) is 0 Å². The van der Waals surface area contributed by atoms with E-state index in [1.165, 1.54) is 11.1 Å². The Hall–Kier alpha value is -3.29. The minimum Gasteiger partial charge on any atom is -0.379 e. The molecule has 32 heavy (non-hydrogen) atoms. The highest BCUT2D eigenvalue weighted by Crippen LogP contribution is 2.22. The van der Waals surface area contributed by atoms with Gasteiger partial charge in [0.1, 0.15) is 5.82 Å². The summed E-state index contributed by atoms with van der Waals surface area (Å²) in [7, 11) is 0. The van der Waals surface area contributed by atoms with E-state index in [-0.39, 0.29) is 11.8 Å². The molecule has 1 aromatic carbocycles. The van der Waals surface area contributed by atoms with Gasteiger partial charge in [0.15, 0.2) is 0 Å². The molecule has 0 unspecified atom stereocenters. The van der Waals surface area contributed by atoms with Crippen molar-refractivity contribution in [3.8, 4) is 0 Å². The van der Waals surface area contributed by atoms with Crippen LogP contribution in [0.5, 0.6) is 0 Å². The molecule has 1 saturated heterocycles. The summed E-state index contributed by atoms with van der Waals surface area (Å²) in [4.78, 5) is 32.9. The zero-order valence-corrected chi connectivity index (χ0v) is 18.1. The van der Waals surface area contributed by atoms with E-state index in [4.69, 9.17) is 4.74 Å². The number of carbonyl (C=O) groups excluding carboxylic acids is 2. The van der Waals surface area contributed by atoms with Crippen molar-refractivity contribution in [2.24, 2.45) is 0 Å². The lowest BCUT2D eigenvalue weighted by atomic mass is 9.99. The third-order valence-electron chi connectivity index (χ3n) is 5.61. The van der Waals surface area contributed by atoms with Crippen LogP contribution >= 0.6 is 0 Å². The van der Waals surface area contributed by atoms with Gasteiger partial charge in [0.2, 0.25) is 11.8 Å². The Morgan fingerprint density at radius 3 is 2.56 bits per heavy atom. The third kappa shape index (κ3) is 6.12. The molecule has 1 fully saturated rings. The van der Waals surface area contributed by atoms with E-state index in [2.05, 4.69) is 33.4 Å². The number of nitrogens with zero attached hydrogens (tertiary/aromatic N) is 3. The molecule has 1 aromatic heterocycles. The summed E-state index contributed by atoms with van der Waals surface area (Å²) in [6.45, 7) is 4.49. The second-order valence-corrected chi connectivity index (χ2v) is 7.88. The van der Waals surface area contributed by atoms with E-state index >= 15 is 0 Å². The largest absolute Gasteiger partial charge is 0.379 e. The highest BCUT2D eigenvalue weighted by atomic mass is 16.5. The molecule has 7 heteroatoms. The number of anilines is 1. The van der Waals surface area contributed by atoms with Gasteiger partial charge in [0.25, 0.3) is 0 Å². The van der Waals surface area contributed by atoms with E-state index in [1.54, 1.807) is 24.4 Å². The molecule has 0 spiro atoms. The van der Waals surface area contributed by atoms with Crippen molar-refractivity contribution in [3.63, 3.8) is 0 Å². The van der Waals surface area contributed by atoms with Crippen LogP contribution in [0.3, 0.4) is 0 Å². The van der Waals surface area contributed by atoms with Crippen LogP contribution in [0.15, 0.2) is 60.8 Å². The van der Waals surface area contributed by atoms with Crippen molar-refractivity contribution in [2.45, 2.75) is 6.42 Å². The topological polar surface area (TPSA) is 74.8 Å². The number of hydrogen-bond acceptors (Lipinski definition) is 5. The summed E-state index contributed by atoms with van der Waals surface area (Å²) < 4.78 is 5.29. The molecule has 0 atom stereocenters. The van der Waals surface area contributed by atoms with E-state index in [0.717, 1.165) is 25.1 Å². The number of morpholine rings is 1. The molecule has 0 bridgehead atoms. The molecule has 3 heterocycles. The van der Waals surface area contributed by atoms with Crippen LogP contribution < -0.4 is 5.32 Å². The normalized spacial score (nSPS) is 17.2. The summed E-state index contributed by atoms with van der Waals surface area (Å²) in [5, 5.41) is 2.81. The molecule has 7 nitrogen and oxygen atoms in total. The average molecular weight is 433 g/mol. The van der Waals surface area contributed by atoms with Gasteiger partial charge in [-0.3, -0.25) is 14.5 Å². The quantitative estimate of drug-likeness (QED) is 0.711. The highest BCUT2D eigenvalue weighted by Gasteiger charge is 2.16. The van der Waals surface area contributed by atoms with Crippen LogP contribution in [0.1, 0.15) is 17.5 Å². The molecule has 1 N–H and O–H groups in total. The van der Waals surface area contributed by atoms with Crippen molar-refractivity contribution < 1.29 is 14.3 Å². The summed E-state index contributed by atoms with van der Waals surface area (Å²) in [5.74, 6) is 0.392. The van der Waals surface area contributed by atoms with Gasteiger partial charge in [-0.1, -0.05) is 36.4 Å². The molecule has 0 radical (unpaired) electrons. The molecular weight excluding hydrogens is 404 g/mol. The molecule has 0 aliphatic carbocycles. The van der Waals surface area contributed by atoms with Gasteiger partial charge in [-0.15, -0.1) is 0 Å². The van der Waals surface area contributed by atoms with Crippen molar-refractivity contribution in [3.05, 3.63) is 71.9 Å². The van der Waals surface area contributed by atoms with Gasteiger partial charge < -0.3 is 15.0 Å². The highest BCUT2D eigenvalue weighted by molar-refractivity contribution is 5.93. The lowest BCUT2D eigenvalue weighted by molar-refractivity contribution is -0.125. The first-order valence-corrected chi connectivity index (χ1v) is 10.9. The molecule has 2 aromatic rings. The monoisotopic (exact) mass is 432 g/mol. The smallest absolute Gasteiger partial charge is 0.246 e. The maximum atomic E-state index is 12.5. The van der Waals surface area contributed by atoms with Crippen molar-refractivity contribution in [1.82, 2.24) is 14.8 Å². The molecule has 4 rings (SSSR count). The second-order valence-electron chi connectivity index (χ2n) is 7.88. The fourth-order valence-electron chi connectivity index (χ4n) is 3.78. The minimum atomic E-state index is -0.0918. The van der Waals surface area contributed by atoms with Crippen molar-refractivity contribution in [1.29, 1.82) is 0 Å². The van der Waals surface area contributed by atoms with Crippen molar-refractivity contribution >= 4 is 29.3 Å². The van der Waals surface area contributed by atoms with Crippen LogP contribution in [-0.4, -0.2) is 72.5 Å². The summed E-state index contributed by atoms with van der Waals surface area (Å²) in [6.07, 6.45) is 7.96. The Bertz CT molecular complexity index is 980. The Kier molecular flexibility index (Phi) is 7.42. The van der Waals surface area contributed by atoms with E-state index in [9.17, 15) is 9.59 Å². The molecule has 2 amide bonds. The Balaban J connectivity index is 1.26. The first-order valence-electron chi connectivity index (χ1n) is 10.9. The summed E-state index contributed by atoms with van der Waals surface area (Å²) in [6, 6.07) is 13.9. The van der Waals surface area contributed by atoms with Crippen molar-refractivity contribution in [2.75, 3.05) is 51.3 Å². The number of carbonyl (C=O) groups is 2. The van der Waals surface area contributed by atoms with Crippen LogP contribution in [0.25, 0.3) is 11.6 Å². The average Bonchev–Trinajstić information content (AvgIpc) is 2.84. The van der Waals surface area contributed by atoms with Gasteiger partial charge >= 0.3 is 0 Å². The van der Waals surface area contributed by atoms with E-state index in [1.807, 2.05) is 29.2 Å². The van der Waals surface area contributed by atoms with Gasteiger partial charge in [0.05, 0.1) is 19.8 Å². The molecule has 166 valence electrons. The molecular formula is C25H28N4O3. The first-order chi connectivity index (χ1) is 15.7. The lowest BCUT2D eigenvalue weighted by Crippen LogP contribution is -2.41. The number of aromatic nitrogens is 1. The zero-order valence-electron chi connectivity index (χ0n) is 18.1. The number of ether oxygens (including phenoxy) is 1. The van der Waals surface area contributed by atoms with Gasteiger partial charge in [-0.2, -0.15) is 0 Å². The van der Waals surface area contributed by atoms with Crippen LogP contribution in [0.4, 0.5) is 5.82 Å².